The van der Waals surface area contributed by atoms with Crippen LogP contribution in [0.1, 0.15) is 18.9 Å². The maximum absolute atomic E-state index is 9.97. The molecule has 0 radical (unpaired) electrons. The van der Waals surface area contributed by atoms with Crippen LogP contribution in [0.3, 0.4) is 0 Å². The van der Waals surface area contributed by atoms with Gasteiger partial charge in [0.05, 0.1) is 12.1 Å². The van der Waals surface area contributed by atoms with Crippen molar-refractivity contribution in [2.24, 2.45) is 7.05 Å². The van der Waals surface area contributed by atoms with Crippen molar-refractivity contribution < 1.29 is 5.11 Å². The molecule has 5 nitrogen and oxygen atoms in total. The molecule has 0 bridgehead atoms. The summed E-state index contributed by atoms with van der Waals surface area (Å²) < 4.78 is 1.90. The normalized spacial score (nSPS) is 14.0. The highest BCUT2D eigenvalue weighted by molar-refractivity contribution is 7.99. The number of thioether (sulfide) groups is 1. The molecule has 1 aromatic heterocycles. The van der Waals surface area contributed by atoms with Crippen LogP contribution in [0.25, 0.3) is 0 Å². The highest BCUT2D eigenvalue weighted by atomic mass is 32.2. The molecule has 0 aliphatic heterocycles. The molecule has 2 aromatic rings. The molecule has 2 rings (SSSR count). The summed E-state index contributed by atoms with van der Waals surface area (Å²) in [6.07, 6.45) is 2.52. The minimum absolute atomic E-state index is 0.0736. The highest BCUT2D eigenvalue weighted by Gasteiger charge is 2.30. The summed E-state index contributed by atoms with van der Waals surface area (Å²) in [5.74, 6) is 0.856. The monoisotopic (exact) mass is 306 g/mol. The van der Waals surface area contributed by atoms with Crippen LogP contribution < -0.4 is 5.32 Å². The van der Waals surface area contributed by atoms with Gasteiger partial charge in [0.2, 0.25) is 0 Å². The lowest BCUT2D eigenvalue weighted by molar-refractivity contribution is 0.158. The molecule has 6 heteroatoms. The molecule has 0 aliphatic carbocycles. The van der Waals surface area contributed by atoms with Crippen molar-refractivity contribution in [3.63, 3.8) is 0 Å². The molecular weight excluding hydrogens is 284 g/mol. The maximum atomic E-state index is 9.97. The van der Waals surface area contributed by atoms with Crippen LogP contribution in [0, 0.1) is 0 Å². The Morgan fingerprint density at radius 3 is 2.67 bits per heavy atom. The first kappa shape index (κ1) is 16.0. The van der Waals surface area contributed by atoms with E-state index < -0.39 is 5.54 Å². The molecule has 2 N–H and O–H groups in total. The number of nitrogens with zero attached hydrogens (tertiary/aromatic N) is 3. The second kappa shape index (κ2) is 7.59. The van der Waals surface area contributed by atoms with Crippen LogP contribution in [0.4, 0.5) is 0 Å². The second-order valence-corrected chi connectivity index (χ2v) is 6.02. The van der Waals surface area contributed by atoms with E-state index in [1.165, 1.54) is 0 Å². The molecule has 0 aliphatic rings. The van der Waals surface area contributed by atoms with Gasteiger partial charge in [0.15, 0.2) is 5.16 Å². The standard InChI is InChI=1S/C15H22N4OS/c1-3-16-15(11-20,13-7-5-4-6-8-13)9-10-21-14-18-17-12-19(14)2/h4-8,12,16,20H,3,9-11H2,1-2H3. The smallest absolute Gasteiger partial charge is 0.190 e. The number of rotatable bonds is 8. The van der Waals surface area contributed by atoms with E-state index in [0.29, 0.717) is 0 Å². The van der Waals surface area contributed by atoms with E-state index >= 15 is 0 Å². The fourth-order valence-electron chi connectivity index (χ4n) is 2.38. The van der Waals surface area contributed by atoms with E-state index in [9.17, 15) is 5.11 Å². The molecule has 1 unspecified atom stereocenters. The average Bonchev–Trinajstić information content (AvgIpc) is 2.92. The molecule has 1 atom stereocenters. The van der Waals surface area contributed by atoms with Gasteiger partial charge in [0.1, 0.15) is 6.33 Å². The number of likely N-dealkylation sites (N-methyl/N-ethyl adjacent to an activating group) is 1. The van der Waals surface area contributed by atoms with Gasteiger partial charge in [0.25, 0.3) is 0 Å². The van der Waals surface area contributed by atoms with Gasteiger partial charge < -0.3 is 15.0 Å². The van der Waals surface area contributed by atoms with Gasteiger partial charge in [-0.3, -0.25) is 0 Å². The Morgan fingerprint density at radius 2 is 2.10 bits per heavy atom. The van der Waals surface area contributed by atoms with Crippen LogP contribution in [-0.4, -0.2) is 38.8 Å². The average molecular weight is 306 g/mol. The number of nitrogens with one attached hydrogen (secondary N) is 1. The number of aliphatic hydroxyl groups excluding tert-OH is 1. The van der Waals surface area contributed by atoms with Crippen LogP contribution in [0.2, 0.25) is 0 Å². The number of aromatic nitrogens is 3. The molecular formula is C15H22N4OS. The van der Waals surface area contributed by atoms with Crippen molar-refractivity contribution in [1.29, 1.82) is 0 Å². The molecule has 1 aromatic carbocycles. The highest BCUT2D eigenvalue weighted by Crippen LogP contribution is 2.28. The van der Waals surface area contributed by atoms with Gasteiger partial charge in [0, 0.05) is 12.8 Å². The minimum Gasteiger partial charge on any atom is -0.394 e. The molecule has 0 fully saturated rings. The lowest BCUT2D eigenvalue weighted by Crippen LogP contribution is -2.46. The molecule has 0 spiro atoms. The third-order valence-corrected chi connectivity index (χ3v) is 4.58. The van der Waals surface area contributed by atoms with E-state index in [1.54, 1.807) is 18.1 Å². The topological polar surface area (TPSA) is 63.0 Å². The maximum Gasteiger partial charge on any atom is 0.190 e. The number of hydrogen-bond donors (Lipinski definition) is 2. The van der Waals surface area contributed by atoms with E-state index in [0.717, 1.165) is 29.4 Å². The molecule has 114 valence electrons. The van der Waals surface area contributed by atoms with E-state index in [1.807, 2.05) is 29.8 Å². The first-order valence-corrected chi connectivity index (χ1v) is 8.08. The van der Waals surface area contributed by atoms with Crippen molar-refractivity contribution in [2.75, 3.05) is 18.9 Å². The van der Waals surface area contributed by atoms with Crippen LogP contribution >= 0.6 is 11.8 Å². The van der Waals surface area contributed by atoms with E-state index in [2.05, 4.69) is 34.6 Å². The predicted octanol–water partition coefficient (Wildman–Crippen LogP) is 1.79. The fraction of sp³-hybridized carbons (Fsp3) is 0.467. The van der Waals surface area contributed by atoms with Crippen molar-refractivity contribution >= 4 is 11.8 Å². The van der Waals surface area contributed by atoms with Crippen LogP contribution in [0.15, 0.2) is 41.8 Å². The number of benzene rings is 1. The number of aryl methyl sites for hydroxylation is 1. The summed E-state index contributed by atoms with van der Waals surface area (Å²) in [5.41, 5.74) is 0.717. The van der Waals surface area contributed by atoms with E-state index in [-0.39, 0.29) is 6.61 Å². The SMILES string of the molecule is CCNC(CO)(CCSc1nncn1C)c1ccccc1. The summed E-state index contributed by atoms with van der Waals surface area (Å²) in [6.45, 7) is 2.94. The lowest BCUT2D eigenvalue weighted by atomic mass is 9.88. The van der Waals surface area contributed by atoms with Gasteiger partial charge in [-0.25, -0.2) is 0 Å². The van der Waals surface area contributed by atoms with Gasteiger partial charge in [-0.15, -0.1) is 10.2 Å². The Kier molecular flexibility index (Phi) is 5.78. The van der Waals surface area contributed by atoms with Crippen LogP contribution in [-0.2, 0) is 12.6 Å². The predicted molar refractivity (Wildman–Crippen MR) is 85.2 cm³/mol. The van der Waals surface area contributed by atoms with Gasteiger partial charge in [-0.05, 0) is 18.5 Å². The number of hydrogen-bond acceptors (Lipinski definition) is 5. The zero-order valence-corrected chi connectivity index (χ0v) is 13.3. The first-order valence-electron chi connectivity index (χ1n) is 7.10. The van der Waals surface area contributed by atoms with Gasteiger partial charge >= 0.3 is 0 Å². The Bertz CT molecular complexity index is 546. The second-order valence-electron chi connectivity index (χ2n) is 4.96. The first-order chi connectivity index (χ1) is 10.2. The van der Waals surface area contributed by atoms with Crippen molar-refractivity contribution in [1.82, 2.24) is 20.1 Å². The summed E-state index contributed by atoms with van der Waals surface area (Å²) >= 11 is 1.65. The van der Waals surface area contributed by atoms with Crippen LogP contribution in [0.5, 0.6) is 0 Å². The van der Waals surface area contributed by atoms with Crippen molar-refractivity contribution in [2.45, 2.75) is 24.0 Å². The lowest BCUT2D eigenvalue weighted by Gasteiger charge is -2.33. The molecule has 0 saturated heterocycles. The van der Waals surface area contributed by atoms with Crippen molar-refractivity contribution in [3.8, 4) is 0 Å². The summed E-state index contributed by atoms with van der Waals surface area (Å²) in [4.78, 5) is 0. The Balaban J connectivity index is 2.08. The van der Waals surface area contributed by atoms with Crippen molar-refractivity contribution in [3.05, 3.63) is 42.2 Å². The third kappa shape index (κ3) is 3.84. The van der Waals surface area contributed by atoms with Gasteiger partial charge in [-0.1, -0.05) is 49.0 Å². The summed E-state index contributed by atoms with van der Waals surface area (Å²) in [5, 5.41) is 22.3. The summed E-state index contributed by atoms with van der Waals surface area (Å²) in [6, 6.07) is 10.1. The Morgan fingerprint density at radius 1 is 1.33 bits per heavy atom. The molecule has 0 amide bonds. The number of aliphatic hydroxyl groups is 1. The third-order valence-electron chi connectivity index (χ3n) is 3.54. The largest absolute Gasteiger partial charge is 0.394 e. The zero-order chi connectivity index (χ0) is 15.1. The van der Waals surface area contributed by atoms with Gasteiger partial charge in [-0.2, -0.15) is 0 Å². The fourth-order valence-corrected chi connectivity index (χ4v) is 3.37. The molecule has 1 heterocycles. The quantitative estimate of drug-likeness (QED) is 0.728. The minimum atomic E-state index is -0.401. The zero-order valence-electron chi connectivity index (χ0n) is 12.5. The molecule has 21 heavy (non-hydrogen) atoms. The molecule has 0 saturated carbocycles. The Hall–Kier alpha value is -1.37. The summed E-state index contributed by atoms with van der Waals surface area (Å²) in [7, 11) is 1.93. The Labute approximate surface area is 129 Å². The van der Waals surface area contributed by atoms with E-state index in [4.69, 9.17) is 0 Å².